The molecule has 1 N–H and O–H groups in total. The van der Waals surface area contributed by atoms with Crippen molar-refractivity contribution in [2.45, 2.75) is 20.4 Å². The van der Waals surface area contributed by atoms with Gasteiger partial charge in [0.25, 0.3) is 0 Å². The summed E-state index contributed by atoms with van der Waals surface area (Å²) in [6, 6.07) is 9.58. The maximum Gasteiger partial charge on any atom is 0.147 e. The molecule has 0 bridgehead atoms. The average molecular weight is 272 g/mol. The van der Waals surface area contributed by atoms with Crippen molar-refractivity contribution in [3.63, 3.8) is 0 Å². The molecule has 0 unspecified atom stereocenters. The molecular formula is C14H16N4S. The Morgan fingerprint density at radius 2 is 2.21 bits per heavy atom. The van der Waals surface area contributed by atoms with Crippen LogP contribution < -0.4 is 5.32 Å². The predicted octanol–water partition coefficient (Wildman–Crippen LogP) is 2.82. The molecule has 2 aromatic rings. The lowest BCUT2D eigenvalue weighted by Gasteiger charge is -2.03. The fourth-order valence-electron chi connectivity index (χ4n) is 1.63. The van der Waals surface area contributed by atoms with E-state index in [1.807, 2.05) is 18.2 Å². The van der Waals surface area contributed by atoms with Crippen LogP contribution in [0, 0.1) is 17.2 Å². The van der Waals surface area contributed by atoms with Crippen LogP contribution in [-0.2, 0) is 6.54 Å². The van der Waals surface area contributed by atoms with Crippen LogP contribution in [0.3, 0.4) is 0 Å². The summed E-state index contributed by atoms with van der Waals surface area (Å²) in [7, 11) is 0. The van der Waals surface area contributed by atoms with Gasteiger partial charge in [0.15, 0.2) is 0 Å². The molecule has 0 aliphatic rings. The molecule has 0 spiro atoms. The van der Waals surface area contributed by atoms with Gasteiger partial charge in [-0.25, -0.2) is 0 Å². The van der Waals surface area contributed by atoms with Crippen LogP contribution in [0.4, 0.5) is 0 Å². The lowest BCUT2D eigenvalue weighted by atomic mass is 10.1. The Morgan fingerprint density at radius 3 is 2.95 bits per heavy atom. The van der Waals surface area contributed by atoms with Gasteiger partial charge >= 0.3 is 0 Å². The summed E-state index contributed by atoms with van der Waals surface area (Å²) in [5, 5.41) is 22.4. The second kappa shape index (κ2) is 6.41. The number of aromatic nitrogens is 2. The zero-order valence-corrected chi connectivity index (χ0v) is 11.9. The molecule has 0 atom stereocenters. The average Bonchev–Trinajstić information content (AvgIpc) is 2.87. The van der Waals surface area contributed by atoms with Crippen molar-refractivity contribution in [3.8, 4) is 16.6 Å². The summed E-state index contributed by atoms with van der Waals surface area (Å²) < 4.78 is 0. The normalized spacial score (nSPS) is 10.6. The van der Waals surface area contributed by atoms with Gasteiger partial charge < -0.3 is 5.32 Å². The maximum atomic E-state index is 8.89. The summed E-state index contributed by atoms with van der Waals surface area (Å²) in [6.07, 6.45) is 0. The van der Waals surface area contributed by atoms with E-state index in [-0.39, 0.29) is 0 Å². The Hall–Kier alpha value is -1.77. The Bertz CT molecular complexity index is 583. The first kappa shape index (κ1) is 13.7. The van der Waals surface area contributed by atoms with E-state index in [0.29, 0.717) is 11.5 Å². The van der Waals surface area contributed by atoms with Crippen molar-refractivity contribution < 1.29 is 0 Å². The lowest BCUT2D eigenvalue weighted by Crippen LogP contribution is -2.18. The van der Waals surface area contributed by atoms with Crippen LogP contribution in [0.15, 0.2) is 24.3 Å². The highest BCUT2D eigenvalue weighted by Gasteiger charge is 2.07. The largest absolute Gasteiger partial charge is 0.310 e. The van der Waals surface area contributed by atoms with Crippen molar-refractivity contribution in [1.29, 1.82) is 5.26 Å². The fourth-order valence-corrected chi connectivity index (χ4v) is 2.44. The molecule has 1 heterocycles. The first-order valence-corrected chi connectivity index (χ1v) is 7.04. The van der Waals surface area contributed by atoms with Crippen LogP contribution in [0.25, 0.3) is 10.6 Å². The molecule has 0 aliphatic carbocycles. The molecule has 2 rings (SSSR count). The Kier molecular flexibility index (Phi) is 4.61. The van der Waals surface area contributed by atoms with Gasteiger partial charge in [-0.2, -0.15) is 5.26 Å². The van der Waals surface area contributed by atoms with E-state index in [9.17, 15) is 0 Å². The maximum absolute atomic E-state index is 8.89. The van der Waals surface area contributed by atoms with Crippen LogP contribution >= 0.6 is 11.3 Å². The molecule has 0 radical (unpaired) electrons. The van der Waals surface area contributed by atoms with Crippen molar-refractivity contribution in [2.24, 2.45) is 5.92 Å². The molecule has 19 heavy (non-hydrogen) atoms. The van der Waals surface area contributed by atoms with Gasteiger partial charge in [0.05, 0.1) is 11.6 Å². The topological polar surface area (TPSA) is 61.6 Å². The molecule has 98 valence electrons. The number of rotatable bonds is 5. The van der Waals surface area contributed by atoms with Crippen LogP contribution in [0.1, 0.15) is 24.4 Å². The molecule has 1 aromatic heterocycles. The van der Waals surface area contributed by atoms with Gasteiger partial charge in [0, 0.05) is 12.1 Å². The molecule has 0 fully saturated rings. The van der Waals surface area contributed by atoms with E-state index in [0.717, 1.165) is 28.7 Å². The van der Waals surface area contributed by atoms with Gasteiger partial charge in [-0.05, 0) is 24.6 Å². The van der Waals surface area contributed by atoms with Crippen molar-refractivity contribution >= 4 is 11.3 Å². The van der Waals surface area contributed by atoms with E-state index in [4.69, 9.17) is 5.26 Å². The van der Waals surface area contributed by atoms with Gasteiger partial charge in [0.2, 0.25) is 0 Å². The van der Waals surface area contributed by atoms with Crippen molar-refractivity contribution in [2.75, 3.05) is 6.54 Å². The van der Waals surface area contributed by atoms with Crippen LogP contribution in [-0.4, -0.2) is 16.7 Å². The quantitative estimate of drug-likeness (QED) is 0.909. The van der Waals surface area contributed by atoms with Crippen LogP contribution in [0.2, 0.25) is 0 Å². The minimum absolute atomic E-state index is 0.625. The minimum Gasteiger partial charge on any atom is -0.310 e. The number of nitrogens with zero attached hydrogens (tertiary/aromatic N) is 3. The molecule has 0 saturated carbocycles. The molecule has 0 aliphatic heterocycles. The van der Waals surface area contributed by atoms with E-state index in [1.165, 1.54) is 0 Å². The number of nitrogens with one attached hydrogen (secondary N) is 1. The van der Waals surface area contributed by atoms with Gasteiger partial charge in [-0.15, -0.1) is 10.2 Å². The number of hydrogen-bond acceptors (Lipinski definition) is 5. The first-order valence-electron chi connectivity index (χ1n) is 6.22. The molecule has 4 nitrogen and oxygen atoms in total. The third kappa shape index (κ3) is 3.85. The zero-order valence-electron chi connectivity index (χ0n) is 11.1. The lowest BCUT2D eigenvalue weighted by molar-refractivity contribution is 0.550. The SMILES string of the molecule is CC(C)CNCc1nnc(-c2cccc(C#N)c2)s1. The van der Waals surface area contributed by atoms with Gasteiger partial charge in [-0.3, -0.25) is 0 Å². The summed E-state index contributed by atoms with van der Waals surface area (Å²) >= 11 is 1.56. The minimum atomic E-state index is 0.625. The van der Waals surface area contributed by atoms with Crippen molar-refractivity contribution in [1.82, 2.24) is 15.5 Å². The highest BCUT2D eigenvalue weighted by molar-refractivity contribution is 7.14. The number of nitriles is 1. The Labute approximate surface area is 117 Å². The smallest absolute Gasteiger partial charge is 0.147 e. The second-order valence-corrected chi connectivity index (χ2v) is 5.78. The van der Waals surface area contributed by atoms with E-state index in [2.05, 4.69) is 35.4 Å². The molecule has 0 saturated heterocycles. The first-order chi connectivity index (χ1) is 9.19. The van der Waals surface area contributed by atoms with E-state index < -0.39 is 0 Å². The molecule has 1 aromatic carbocycles. The summed E-state index contributed by atoms with van der Waals surface area (Å²) in [4.78, 5) is 0. The number of hydrogen-bond donors (Lipinski definition) is 1. The monoisotopic (exact) mass is 272 g/mol. The Balaban J connectivity index is 2.06. The van der Waals surface area contributed by atoms with Gasteiger partial charge in [0.1, 0.15) is 10.0 Å². The summed E-state index contributed by atoms with van der Waals surface area (Å²) in [5.74, 6) is 0.625. The van der Waals surface area contributed by atoms with E-state index >= 15 is 0 Å². The standard InChI is InChI=1S/C14H16N4S/c1-10(2)8-16-9-13-17-18-14(19-13)12-5-3-4-11(6-12)7-15/h3-6,10,16H,8-9H2,1-2H3. The molecular weight excluding hydrogens is 256 g/mol. The fraction of sp³-hybridized carbons (Fsp3) is 0.357. The third-order valence-electron chi connectivity index (χ3n) is 2.53. The zero-order chi connectivity index (χ0) is 13.7. The molecule has 0 amide bonds. The Morgan fingerprint density at radius 1 is 1.37 bits per heavy atom. The van der Waals surface area contributed by atoms with Crippen molar-refractivity contribution in [3.05, 3.63) is 34.8 Å². The van der Waals surface area contributed by atoms with Gasteiger partial charge in [-0.1, -0.05) is 37.3 Å². The van der Waals surface area contributed by atoms with E-state index in [1.54, 1.807) is 17.4 Å². The predicted molar refractivity (Wildman–Crippen MR) is 76.6 cm³/mol. The van der Waals surface area contributed by atoms with Crippen LogP contribution in [0.5, 0.6) is 0 Å². The second-order valence-electron chi connectivity index (χ2n) is 4.72. The summed E-state index contributed by atoms with van der Waals surface area (Å²) in [5.41, 5.74) is 1.60. The third-order valence-corrected chi connectivity index (χ3v) is 3.51. The summed E-state index contributed by atoms with van der Waals surface area (Å²) in [6.45, 7) is 6.06. The highest BCUT2D eigenvalue weighted by Crippen LogP contribution is 2.24. The number of benzene rings is 1. The highest BCUT2D eigenvalue weighted by atomic mass is 32.1. The molecule has 5 heteroatoms.